The Kier molecular flexibility index (Phi) is 3.37. The number of rotatable bonds is 1. The van der Waals surface area contributed by atoms with Gasteiger partial charge in [-0.1, -0.05) is 53.7 Å². The zero-order chi connectivity index (χ0) is 12.6. The van der Waals surface area contributed by atoms with Crippen molar-refractivity contribution in [3.63, 3.8) is 0 Å². The molecule has 1 heteroatoms. The molecule has 0 spiro atoms. The van der Waals surface area contributed by atoms with E-state index in [1.54, 1.807) is 12.1 Å². The van der Waals surface area contributed by atoms with Crippen LogP contribution in [-0.4, -0.2) is 5.11 Å². The second-order valence-electron chi connectivity index (χ2n) is 6.42. The van der Waals surface area contributed by atoms with Gasteiger partial charge in [-0.15, -0.1) is 0 Å². The molecule has 1 radical (unpaired) electrons. The monoisotopic (exact) mass is 219 g/mol. The summed E-state index contributed by atoms with van der Waals surface area (Å²) in [4.78, 5) is 0. The van der Waals surface area contributed by atoms with Crippen LogP contribution < -0.4 is 0 Å². The van der Waals surface area contributed by atoms with E-state index in [0.29, 0.717) is 5.75 Å². The van der Waals surface area contributed by atoms with Crippen molar-refractivity contribution < 1.29 is 5.11 Å². The van der Waals surface area contributed by atoms with Gasteiger partial charge in [-0.2, -0.15) is 0 Å². The molecule has 0 heterocycles. The van der Waals surface area contributed by atoms with E-state index in [-0.39, 0.29) is 10.8 Å². The predicted molar refractivity (Wildman–Crippen MR) is 69.4 cm³/mol. The van der Waals surface area contributed by atoms with Crippen LogP contribution in [0.25, 0.3) is 0 Å². The fraction of sp³-hybridized carbons (Fsp3) is 0.533. The summed E-state index contributed by atoms with van der Waals surface area (Å²) in [5.41, 5.74) is 1.49. The molecule has 0 aromatic heterocycles. The van der Waals surface area contributed by atoms with Gasteiger partial charge in [0.15, 0.2) is 0 Å². The van der Waals surface area contributed by atoms with Gasteiger partial charge >= 0.3 is 0 Å². The smallest absolute Gasteiger partial charge is 0.115 e. The molecule has 1 nitrogen and oxygen atoms in total. The summed E-state index contributed by atoms with van der Waals surface area (Å²) in [7, 11) is 0. The van der Waals surface area contributed by atoms with Gasteiger partial charge in [-0.3, -0.25) is 0 Å². The third-order valence-electron chi connectivity index (χ3n) is 2.66. The highest BCUT2D eigenvalue weighted by atomic mass is 16.3. The van der Waals surface area contributed by atoms with Gasteiger partial charge in [-0.25, -0.2) is 0 Å². The molecule has 0 amide bonds. The van der Waals surface area contributed by atoms with Crippen molar-refractivity contribution in [2.75, 3.05) is 0 Å². The van der Waals surface area contributed by atoms with Crippen molar-refractivity contribution in [1.29, 1.82) is 0 Å². The lowest BCUT2D eigenvalue weighted by Crippen LogP contribution is -2.31. The first kappa shape index (κ1) is 13.1. The largest absolute Gasteiger partial charge is 0.508 e. The van der Waals surface area contributed by atoms with E-state index in [4.69, 9.17) is 0 Å². The normalized spacial score (nSPS) is 13.2. The molecule has 0 unspecified atom stereocenters. The Morgan fingerprint density at radius 1 is 0.812 bits per heavy atom. The van der Waals surface area contributed by atoms with Crippen LogP contribution in [0, 0.1) is 16.7 Å². The standard InChI is InChI=1S/C15H23O/c1-14(2,3)13(15(4,5)6)11-7-9-12(16)10-8-11/h7-10,16H,1-6H3. The van der Waals surface area contributed by atoms with E-state index in [0.717, 1.165) is 0 Å². The van der Waals surface area contributed by atoms with Crippen LogP contribution in [-0.2, 0) is 0 Å². The maximum atomic E-state index is 9.33. The van der Waals surface area contributed by atoms with E-state index in [2.05, 4.69) is 41.5 Å². The first-order chi connectivity index (χ1) is 7.12. The quantitative estimate of drug-likeness (QED) is 0.742. The van der Waals surface area contributed by atoms with Crippen LogP contribution in [0.15, 0.2) is 24.3 Å². The zero-order valence-corrected chi connectivity index (χ0v) is 11.3. The number of benzene rings is 1. The summed E-state index contributed by atoms with van der Waals surface area (Å²) >= 11 is 0. The van der Waals surface area contributed by atoms with Crippen molar-refractivity contribution in [2.24, 2.45) is 10.8 Å². The third-order valence-corrected chi connectivity index (χ3v) is 2.66. The minimum absolute atomic E-state index is 0.134. The molecule has 1 rings (SSSR count). The molecule has 0 saturated heterocycles. The number of phenolic OH excluding ortho intramolecular Hbond substituents is 1. The lowest BCUT2D eigenvalue weighted by atomic mass is 9.64. The number of aromatic hydroxyl groups is 1. The molecular weight excluding hydrogens is 196 g/mol. The molecule has 1 aromatic carbocycles. The van der Waals surface area contributed by atoms with Gasteiger partial charge in [0.1, 0.15) is 5.75 Å². The molecule has 0 atom stereocenters. The van der Waals surface area contributed by atoms with Gasteiger partial charge in [0.2, 0.25) is 0 Å². The van der Waals surface area contributed by atoms with Crippen molar-refractivity contribution in [3.8, 4) is 5.75 Å². The summed E-state index contributed by atoms with van der Waals surface area (Å²) in [6.07, 6.45) is 0. The first-order valence-corrected chi connectivity index (χ1v) is 5.79. The fourth-order valence-electron chi connectivity index (χ4n) is 2.62. The average molecular weight is 219 g/mol. The Hall–Kier alpha value is -0.980. The van der Waals surface area contributed by atoms with Gasteiger partial charge in [0.25, 0.3) is 0 Å². The summed E-state index contributed by atoms with van der Waals surface area (Å²) in [6.45, 7) is 13.4. The molecule has 0 bridgehead atoms. The van der Waals surface area contributed by atoms with Crippen LogP contribution in [0.5, 0.6) is 5.75 Å². The number of phenols is 1. The number of hydrogen-bond donors (Lipinski definition) is 1. The summed E-state index contributed by atoms with van der Waals surface area (Å²) in [5.74, 6) is 1.74. The van der Waals surface area contributed by atoms with Crippen molar-refractivity contribution in [1.82, 2.24) is 0 Å². The van der Waals surface area contributed by atoms with Gasteiger partial charge in [-0.05, 0) is 28.5 Å². The Balaban J connectivity index is 3.18. The second kappa shape index (κ2) is 4.12. The molecule has 0 fully saturated rings. The third kappa shape index (κ3) is 3.01. The Labute approximate surface area is 99.5 Å². The van der Waals surface area contributed by atoms with Gasteiger partial charge in [0, 0.05) is 5.92 Å². The van der Waals surface area contributed by atoms with Crippen LogP contribution in [0.1, 0.15) is 47.1 Å². The highest BCUT2D eigenvalue weighted by molar-refractivity contribution is 5.39. The minimum Gasteiger partial charge on any atom is -0.508 e. The van der Waals surface area contributed by atoms with Crippen molar-refractivity contribution in [2.45, 2.75) is 41.5 Å². The summed E-state index contributed by atoms with van der Waals surface area (Å²) < 4.78 is 0. The SMILES string of the molecule is CC(C)(C)[C](c1ccc(O)cc1)C(C)(C)C. The van der Waals surface area contributed by atoms with E-state index in [1.807, 2.05) is 12.1 Å². The van der Waals surface area contributed by atoms with E-state index in [9.17, 15) is 5.11 Å². The van der Waals surface area contributed by atoms with Gasteiger partial charge < -0.3 is 5.11 Å². The topological polar surface area (TPSA) is 20.2 Å². The van der Waals surface area contributed by atoms with Crippen LogP contribution in [0.2, 0.25) is 0 Å². The average Bonchev–Trinajstić information content (AvgIpc) is 2.03. The van der Waals surface area contributed by atoms with Crippen LogP contribution in [0.3, 0.4) is 0 Å². The van der Waals surface area contributed by atoms with E-state index >= 15 is 0 Å². The summed E-state index contributed by atoms with van der Waals surface area (Å²) in [5, 5.41) is 9.33. The molecule has 0 aliphatic rings. The lowest BCUT2D eigenvalue weighted by molar-refractivity contribution is 0.299. The predicted octanol–water partition coefficient (Wildman–Crippen LogP) is 4.41. The van der Waals surface area contributed by atoms with E-state index in [1.165, 1.54) is 11.5 Å². The fourth-order valence-corrected chi connectivity index (χ4v) is 2.62. The highest BCUT2D eigenvalue weighted by Crippen LogP contribution is 2.46. The number of hydrogen-bond acceptors (Lipinski definition) is 1. The van der Waals surface area contributed by atoms with Crippen LogP contribution >= 0.6 is 0 Å². The lowest BCUT2D eigenvalue weighted by Gasteiger charge is -2.40. The van der Waals surface area contributed by atoms with Crippen molar-refractivity contribution in [3.05, 3.63) is 35.7 Å². The molecule has 1 N–H and O–H groups in total. The summed E-state index contributed by atoms with van der Waals surface area (Å²) in [6, 6.07) is 7.52. The molecular formula is C15H23O. The highest BCUT2D eigenvalue weighted by Gasteiger charge is 2.36. The molecule has 0 aliphatic carbocycles. The van der Waals surface area contributed by atoms with E-state index < -0.39 is 0 Å². The molecule has 0 saturated carbocycles. The maximum absolute atomic E-state index is 9.33. The van der Waals surface area contributed by atoms with Gasteiger partial charge in [0.05, 0.1) is 0 Å². The Morgan fingerprint density at radius 2 is 1.19 bits per heavy atom. The Morgan fingerprint density at radius 3 is 1.50 bits per heavy atom. The van der Waals surface area contributed by atoms with Crippen molar-refractivity contribution >= 4 is 0 Å². The molecule has 0 aliphatic heterocycles. The Bertz CT molecular complexity index is 321. The first-order valence-electron chi connectivity index (χ1n) is 5.79. The van der Waals surface area contributed by atoms with Crippen LogP contribution in [0.4, 0.5) is 0 Å². The maximum Gasteiger partial charge on any atom is 0.115 e. The minimum atomic E-state index is 0.134. The second-order valence-corrected chi connectivity index (χ2v) is 6.42. The zero-order valence-electron chi connectivity index (χ0n) is 11.3. The molecule has 1 aromatic rings. The molecule has 16 heavy (non-hydrogen) atoms. The molecule has 89 valence electrons.